The van der Waals surface area contributed by atoms with Crippen LogP contribution in [0.25, 0.3) is 11.0 Å². The van der Waals surface area contributed by atoms with Crippen molar-refractivity contribution >= 4 is 50.8 Å². The SMILES string of the molecule is CCCCNc1nc(NC(=O)OC)nc2c(Br)nn(Cc3ccc(C(=O)O)cc3OC(F)F)c12. The lowest BCUT2D eigenvalue weighted by Crippen LogP contribution is -2.15. The number of ether oxygens (including phenoxy) is 2. The lowest BCUT2D eigenvalue weighted by Gasteiger charge is -2.14. The van der Waals surface area contributed by atoms with E-state index >= 15 is 0 Å². The average molecular weight is 543 g/mol. The van der Waals surface area contributed by atoms with E-state index in [2.05, 4.69) is 51.1 Å². The van der Waals surface area contributed by atoms with Crippen molar-refractivity contribution in [2.24, 2.45) is 0 Å². The number of anilines is 2. The van der Waals surface area contributed by atoms with Crippen molar-refractivity contribution in [3.8, 4) is 5.75 Å². The van der Waals surface area contributed by atoms with Crippen molar-refractivity contribution in [1.82, 2.24) is 19.7 Å². The van der Waals surface area contributed by atoms with Gasteiger partial charge in [-0.15, -0.1) is 0 Å². The third-order valence-corrected chi connectivity index (χ3v) is 5.15. The van der Waals surface area contributed by atoms with Crippen LogP contribution in [-0.2, 0) is 11.3 Å². The number of hydrogen-bond acceptors (Lipinski definition) is 8. The van der Waals surface area contributed by atoms with Crippen LogP contribution in [0.15, 0.2) is 22.8 Å². The summed E-state index contributed by atoms with van der Waals surface area (Å²) in [5.74, 6) is -1.24. The number of unbranched alkanes of at least 4 members (excludes halogenated alkanes) is 1. The number of halogens is 3. The molecule has 3 N–H and O–H groups in total. The van der Waals surface area contributed by atoms with Gasteiger partial charge < -0.3 is 19.9 Å². The number of nitrogens with zero attached hydrogens (tertiary/aromatic N) is 4. The number of nitrogens with one attached hydrogen (secondary N) is 2. The maximum atomic E-state index is 13.0. The number of carboxylic acids is 1. The maximum Gasteiger partial charge on any atom is 0.413 e. The molecule has 2 aromatic heterocycles. The average Bonchev–Trinajstić information content (AvgIpc) is 3.09. The topological polar surface area (TPSA) is 140 Å². The first kappa shape index (κ1) is 25.1. The monoisotopic (exact) mass is 542 g/mol. The molecule has 34 heavy (non-hydrogen) atoms. The second-order valence-corrected chi connectivity index (χ2v) is 7.70. The number of carbonyl (C=O) groups excluding carboxylic acids is 1. The molecular formula is C20H21BrF2N6O5. The van der Waals surface area contributed by atoms with Crippen LogP contribution in [0.5, 0.6) is 5.75 Å². The summed E-state index contributed by atoms with van der Waals surface area (Å²) in [6.45, 7) is -0.617. The molecule has 0 aliphatic rings. The minimum absolute atomic E-state index is 0.0221. The van der Waals surface area contributed by atoms with E-state index < -0.39 is 18.7 Å². The lowest BCUT2D eigenvalue weighted by atomic mass is 10.1. The van der Waals surface area contributed by atoms with Crippen LogP contribution in [-0.4, -0.2) is 57.2 Å². The second kappa shape index (κ2) is 11.0. The van der Waals surface area contributed by atoms with Crippen LogP contribution in [0.1, 0.15) is 35.7 Å². The highest BCUT2D eigenvalue weighted by Gasteiger charge is 2.21. The summed E-state index contributed by atoms with van der Waals surface area (Å²) >= 11 is 3.33. The molecule has 3 rings (SSSR count). The zero-order valence-corrected chi connectivity index (χ0v) is 19.7. The van der Waals surface area contributed by atoms with Crippen molar-refractivity contribution in [2.45, 2.75) is 32.9 Å². The Morgan fingerprint density at radius 3 is 2.71 bits per heavy atom. The number of methoxy groups -OCH3 is 1. The number of alkyl halides is 2. The van der Waals surface area contributed by atoms with E-state index in [0.717, 1.165) is 18.9 Å². The fourth-order valence-corrected chi connectivity index (χ4v) is 3.52. The van der Waals surface area contributed by atoms with Gasteiger partial charge in [-0.05, 0) is 34.5 Å². The Kier molecular flexibility index (Phi) is 8.15. The van der Waals surface area contributed by atoms with Gasteiger partial charge in [-0.25, -0.2) is 14.6 Å². The Bertz CT molecular complexity index is 1210. The molecule has 0 fully saturated rings. The number of aromatic nitrogens is 4. The summed E-state index contributed by atoms with van der Waals surface area (Å²) in [5, 5.41) is 19.1. The predicted molar refractivity (Wildman–Crippen MR) is 122 cm³/mol. The van der Waals surface area contributed by atoms with E-state index in [0.29, 0.717) is 28.0 Å². The van der Waals surface area contributed by atoms with Gasteiger partial charge in [0.2, 0.25) is 5.95 Å². The predicted octanol–water partition coefficient (Wildman–Crippen LogP) is 4.33. The second-order valence-electron chi connectivity index (χ2n) is 6.94. The molecule has 0 unspecified atom stereocenters. The lowest BCUT2D eigenvalue weighted by molar-refractivity contribution is -0.0505. The highest BCUT2D eigenvalue weighted by atomic mass is 79.9. The van der Waals surface area contributed by atoms with Gasteiger partial charge in [-0.3, -0.25) is 10.00 Å². The molecule has 0 aliphatic heterocycles. The molecule has 14 heteroatoms. The van der Waals surface area contributed by atoms with Crippen LogP contribution in [0, 0.1) is 0 Å². The van der Waals surface area contributed by atoms with Crippen molar-refractivity contribution in [1.29, 1.82) is 0 Å². The largest absolute Gasteiger partial charge is 0.478 e. The smallest absolute Gasteiger partial charge is 0.413 e. The number of hydrogen-bond donors (Lipinski definition) is 3. The molecule has 0 bridgehead atoms. The van der Waals surface area contributed by atoms with Gasteiger partial charge in [-0.2, -0.15) is 18.9 Å². The first-order valence-electron chi connectivity index (χ1n) is 10.1. The standard InChI is InChI=1S/C20H21BrF2N6O5/c1-3-4-7-24-16-14-13(25-19(26-16)27-20(32)33-2)15(21)28-29(14)9-11-6-5-10(17(30)31)8-12(11)34-18(22)23/h5-6,8,18H,3-4,7,9H2,1-2H3,(H,30,31)(H2,24,25,26,27,32). The normalized spacial score (nSPS) is 11.0. The van der Waals surface area contributed by atoms with Gasteiger partial charge >= 0.3 is 18.7 Å². The van der Waals surface area contributed by atoms with Crippen LogP contribution in [0.4, 0.5) is 25.3 Å². The molecule has 1 aromatic carbocycles. The minimum atomic E-state index is -3.15. The van der Waals surface area contributed by atoms with E-state index in [9.17, 15) is 23.5 Å². The number of fused-ring (bicyclic) bond motifs is 1. The van der Waals surface area contributed by atoms with Crippen LogP contribution >= 0.6 is 15.9 Å². The Morgan fingerprint density at radius 2 is 2.06 bits per heavy atom. The quantitative estimate of drug-likeness (QED) is 0.319. The molecule has 3 aromatic rings. The Morgan fingerprint density at radius 1 is 1.29 bits per heavy atom. The van der Waals surface area contributed by atoms with Gasteiger partial charge in [0, 0.05) is 12.1 Å². The van der Waals surface area contributed by atoms with Crippen molar-refractivity contribution in [3.05, 3.63) is 33.9 Å². The van der Waals surface area contributed by atoms with Crippen LogP contribution in [0.2, 0.25) is 0 Å². The molecule has 2 heterocycles. The summed E-state index contributed by atoms with van der Waals surface area (Å²) in [6.07, 6.45) is 1.00. The van der Waals surface area contributed by atoms with Gasteiger partial charge in [0.05, 0.1) is 19.2 Å². The molecule has 182 valence electrons. The summed E-state index contributed by atoms with van der Waals surface area (Å²) in [6, 6.07) is 3.69. The highest BCUT2D eigenvalue weighted by Crippen LogP contribution is 2.31. The van der Waals surface area contributed by atoms with Crippen molar-refractivity contribution in [3.63, 3.8) is 0 Å². The summed E-state index contributed by atoms with van der Waals surface area (Å²) < 4.78 is 36.9. The third kappa shape index (κ3) is 5.87. The van der Waals surface area contributed by atoms with Crippen LogP contribution < -0.4 is 15.4 Å². The van der Waals surface area contributed by atoms with E-state index in [1.165, 1.54) is 23.9 Å². The van der Waals surface area contributed by atoms with Gasteiger partial charge in [-0.1, -0.05) is 19.4 Å². The van der Waals surface area contributed by atoms with Gasteiger partial charge in [0.1, 0.15) is 16.8 Å². The van der Waals surface area contributed by atoms with Gasteiger partial charge in [0.25, 0.3) is 0 Å². The van der Waals surface area contributed by atoms with E-state index in [4.69, 9.17) is 0 Å². The Balaban J connectivity index is 2.09. The first-order valence-corrected chi connectivity index (χ1v) is 10.9. The fraction of sp³-hybridized carbons (Fsp3) is 0.350. The summed E-state index contributed by atoms with van der Waals surface area (Å²) in [7, 11) is 1.21. The zero-order chi connectivity index (χ0) is 24.8. The minimum Gasteiger partial charge on any atom is -0.478 e. The summed E-state index contributed by atoms with van der Waals surface area (Å²) in [5.41, 5.74) is 0.843. The molecule has 11 nitrogen and oxygen atoms in total. The Hall–Kier alpha value is -3.55. The molecular weight excluding hydrogens is 522 g/mol. The molecule has 0 saturated carbocycles. The molecule has 0 aliphatic carbocycles. The van der Waals surface area contributed by atoms with E-state index in [1.807, 2.05) is 6.92 Å². The number of benzene rings is 1. The number of amides is 1. The maximum absolute atomic E-state index is 13.0. The molecule has 0 atom stereocenters. The molecule has 0 spiro atoms. The van der Waals surface area contributed by atoms with Crippen LogP contribution in [0.3, 0.4) is 0 Å². The molecule has 1 amide bonds. The number of carboxylic acid groups (broad SMARTS) is 1. The zero-order valence-electron chi connectivity index (χ0n) is 18.1. The Labute approximate surface area is 200 Å². The molecule has 0 radical (unpaired) electrons. The number of carbonyl (C=O) groups is 2. The fourth-order valence-electron chi connectivity index (χ4n) is 3.05. The van der Waals surface area contributed by atoms with Crippen molar-refractivity contribution < 1.29 is 33.0 Å². The van der Waals surface area contributed by atoms with Gasteiger partial charge in [0.15, 0.2) is 10.4 Å². The van der Waals surface area contributed by atoms with E-state index in [1.54, 1.807) is 0 Å². The third-order valence-electron chi connectivity index (χ3n) is 4.62. The highest BCUT2D eigenvalue weighted by molar-refractivity contribution is 9.10. The summed E-state index contributed by atoms with van der Waals surface area (Å²) in [4.78, 5) is 31.5. The first-order chi connectivity index (χ1) is 16.2. The number of aromatic carboxylic acids is 1. The van der Waals surface area contributed by atoms with Crippen molar-refractivity contribution in [2.75, 3.05) is 24.3 Å². The number of rotatable bonds is 10. The van der Waals surface area contributed by atoms with E-state index in [-0.39, 0.29) is 29.4 Å². The molecule has 0 saturated heterocycles.